The highest BCUT2D eigenvalue weighted by molar-refractivity contribution is 5.89. The molecule has 0 aromatic heterocycles. The fourth-order valence-corrected chi connectivity index (χ4v) is 2.08. The van der Waals surface area contributed by atoms with Crippen LogP contribution in [0.1, 0.15) is 68.6 Å². The molecule has 0 aliphatic carbocycles. The zero-order chi connectivity index (χ0) is 14.6. The topological polar surface area (TPSA) is 46.5 Å². The van der Waals surface area contributed by atoms with E-state index in [1.807, 2.05) is 0 Å². The summed E-state index contributed by atoms with van der Waals surface area (Å²) in [5, 5.41) is 9.14. The Morgan fingerprint density at radius 1 is 0.950 bits per heavy atom. The SMILES string of the molecule is CCCCCCCCCCOC(=O)c1ccc(O)cc1. The lowest BCUT2D eigenvalue weighted by molar-refractivity contribution is 0.0497. The van der Waals surface area contributed by atoms with E-state index in [2.05, 4.69) is 6.92 Å². The summed E-state index contributed by atoms with van der Waals surface area (Å²) >= 11 is 0. The first-order chi connectivity index (χ1) is 9.74. The first kappa shape index (κ1) is 16.5. The summed E-state index contributed by atoms with van der Waals surface area (Å²) in [6.45, 7) is 2.71. The molecule has 0 fully saturated rings. The molecule has 0 unspecified atom stereocenters. The highest BCUT2D eigenvalue weighted by Gasteiger charge is 2.06. The van der Waals surface area contributed by atoms with E-state index in [1.165, 1.54) is 50.7 Å². The molecule has 1 N–H and O–H groups in total. The van der Waals surface area contributed by atoms with Gasteiger partial charge in [-0.1, -0.05) is 51.9 Å². The first-order valence-corrected chi connectivity index (χ1v) is 7.70. The van der Waals surface area contributed by atoms with Crippen molar-refractivity contribution in [2.24, 2.45) is 0 Å². The number of aromatic hydroxyl groups is 1. The molecule has 1 rings (SSSR count). The van der Waals surface area contributed by atoms with Crippen LogP contribution >= 0.6 is 0 Å². The van der Waals surface area contributed by atoms with Gasteiger partial charge >= 0.3 is 5.97 Å². The number of phenolic OH excluding ortho intramolecular Hbond substituents is 1. The highest BCUT2D eigenvalue weighted by atomic mass is 16.5. The van der Waals surface area contributed by atoms with Gasteiger partial charge in [-0.2, -0.15) is 0 Å². The number of esters is 1. The third-order valence-corrected chi connectivity index (χ3v) is 3.33. The van der Waals surface area contributed by atoms with Gasteiger partial charge in [-0.05, 0) is 30.7 Å². The van der Waals surface area contributed by atoms with E-state index in [4.69, 9.17) is 9.84 Å². The third-order valence-electron chi connectivity index (χ3n) is 3.33. The van der Waals surface area contributed by atoms with Crippen molar-refractivity contribution in [1.82, 2.24) is 0 Å². The number of carbonyl (C=O) groups excluding carboxylic acids is 1. The van der Waals surface area contributed by atoms with Crippen LogP contribution < -0.4 is 0 Å². The maximum absolute atomic E-state index is 11.7. The normalized spacial score (nSPS) is 10.4. The van der Waals surface area contributed by atoms with Crippen molar-refractivity contribution in [1.29, 1.82) is 0 Å². The molecule has 112 valence electrons. The molecule has 1 aromatic carbocycles. The quantitative estimate of drug-likeness (QED) is 0.499. The van der Waals surface area contributed by atoms with Gasteiger partial charge in [-0.3, -0.25) is 0 Å². The molecule has 0 spiro atoms. The van der Waals surface area contributed by atoms with Crippen molar-refractivity contribution in [3.8, 4) is 5.75 Å². The number of benzene rings is 1. The Kier molecular flexibility index (Phi) is 8.52. The molecule has 0 saturated heterocycles. The molecule has 3 heteroatoms. The van der Waals surface area contributed by atoms with Gasteiger partial charge in [0.25, 0.3) is 0 Å². The maximum Gasteiger partial charge on any atom is 0.338 e. The van der Waals surface area contributed by atoms with Crippen LogP contribution in [-0.2, 0) is 4.74 Å². The lowest BCUT2D eigenvalue weighted by atomic mass is 10.1. The number of phenols is 1. The minimum Gasteiger partial charge on any atom is -0.508 e. The zero-order valence-electron chi connectivity index (χ0n) is 12.4. The molecule has 0 bridgehead atoms. The van der Waals surface area contributed by atoms with Crippen molar-refractivity contribution in [2.75, 3.05) is 6.61 Å². The zero-order valence-corrected chi connectivity index (χ0v) is 12.4. The van der Waals surface area contributed by atoms with Gasteiger partial charge in [0, 0.05) is 0 Å². The van der Waals surface area contributed by atoms with Crippen molar-refractivity contribution in [2.45, 2.75) is 58.3 Å². The second kappa shape index (κ2) is 10.3. The number of rotatable bonds is 10. The van der Waals surface area contributed by atoms with Crippen LogP contribution in [0.15, 0.2) is 24.3 Å². The molecule has 0 aliphatic rings. The van der Waals surface area contributed by atoms with E-state index in [0.717, 1.165) is 12.8 Å². The summed E-state index contributed by atoms with van der Waals surface area (Å²) in [5.41, 5.74) is 0.488. The summed E-state index contributed by atoms with van der Waals surface area (Å²) in [5.74, 6) is -0.155. The van der Waals surface area contributed by atoms with E-state index in [9.17, 15) is 4.79 Å². The molecule has 0 saturated carbocycles. The third kappa shape index (κ3) is 7.17. The van der Waals surface area contributed by atoms with Crippen molar-refractivity contribution < 1.29 is 14.6 Å². The summed E-state index contributed by atoms with van der Waals surface area (Å²) < 4.78 is 5.19. The smallest absolute Gasteiger partial charge is 0.338 e. The predicted molar refractivity (Wildman–Crippen MR) is 81.0 cm³/mol. The molecule has 1 aromatic rings. The van der Waals surface area contributed by atoms with Gasteiger partial charge in [0.1, 0.15) is 5.75 Å². The maximum atomic E-state index is 11.7. The second-order valence-electron chi connectivity index (χ2n) is 5.16. The van der Waals surface area contributed by atoms with Gasteiger partial charge in [0.15, 0.2) is 0 Å². The van der Waals surface area contributed by atoms with Gasteiger partial charge in [0.2, 0.25) is 0 Å². The van der Waals surface area contributed by atoms with Crippen molar-refractivity contribution in [3.63, 3.8) is 0 Å². The van der Waals surface area contributed by atoms with E-state index < -0.39 is 0 Å². The molecule has 0 amide bonds. The number of carbonyl (C=O) groups is 1. The Morgan fingerprint density at radius 3 is 2.10 bits per heavy atom. The molecular weight excluding hydrogens is 252 g/mol. The monoisotopic (exact) mass is 278 g/mol. The van der Waals surface area contributed by atoms with E-state index >= 15 is 0 Å². The number of hydrogen-bond acceptors (Lipinski definition) is 3. The van der Waals surface area contributed by atoms with Crippen LogP contribution in [0, 0.1) is 0 Å². The largest absolute Gasteiger partial charge is 0.508 e. The van der Waals surface area contributed by atoms with Crippen LogP contribution in [0.3, 0.4) is 0 Å². The van der Waals surface area contributed by atoms with Crippen LogP contribution in [0.2, 0.25) is 0 Å². The van der Waals surface area contributed by atoms with Crippen LogP contribution in [0.25, 0.3) is 0 Å². The summed E-state index contributed by atoms with van der Waals surface area (Å²) in [4.78, 5) is 11.7. The molecular formula is C17H26O3. The predicted octanol–water partition coefficient (Wildman–Crippen LogP) is 4.69. The summed E-state index contributed by atoms with van der Waals surface area (Å²) in [7, 11) is 0. The Labute approximate surface area is 122 Å². The Hall–Kier alpha value is -1.51. The van der Waals surface area contributed by atoms with Crippen molar-refractivity contribution >= 4 is 5.97 Å². The van der Waals surface area contributed by atoms with Crippen LogP contribution in [-0.4, -0.2) is 17.7 Å². The van der Waals surface area contributed by atoms with Gasteiger partial charge in [0.05, 0.1) is 12.2 Å². The molecule has 0 radical (unpaired) electrons. The minimum absolute atomic E-state index is 0.157. The fraction of sp³-hybridized carbons (Fsp3) is 0.588. The Morgan fingerprint density at radius 2 is 1.50 bits per heavy atom. The molecule has 20 heavy (non-hydrogen) atoms. The number of hydrogen-bond donors (Lipinski definition) is 1. The summed E-state index contributed by atoms with van der Waals surface area (Å²) in [6.07, 6.45) is 9.84. The average Bonchev–Trinajstić information content (AvgIpc) is 2.46. The number of ether oxygens (including phenoxy) is 1. The lowest BCUT2D eigenvalue weighted by Gasteiger charge is -2.05. The fourth-order valence-electron chi connectivity index (χ4n) is 2.08. The van der Waals surface area contributed by atoms with Gasteiger partial charge in [-0.25, -0.2) is 4.79 Å². The van der Waals surface area contributed by atoms with E-state index in [-0.39, 0.29) is 11.7 Å². The Balaban J connectivity index is 2.01. The second-order valence-corrected chi connectivity index (χ2v) is 5.16. The van der Waals surface area contributed by atoms with Crippen molar-refractivity contribution in [3.05, 3.63) is 29.8 Å². The first-order valence-electron chi connectivity index (χ1n) is 7.70. The molecule has 3 nitrogen and oxygen atoms in total. The highest BCUT2D eigenvalue weighted by Crippen LogP contribution is 2.11. The van der Waals surface area contributed by atoms with Crippen LogP contribution in [0.5, 0.6) is 5.75 Å². The van der Waals surface area contributed by atoms with E-state index in [0.29, 0.717) is 12.2 Å². The minimum atomic E-state index is -0.312. The standard InChI is InChI=1S/C17H26O3/c1-2-3-4-5-6-7-8-9-14-20-17(19)15-10-12-16(18)13-11-15/h10-13,18H,2-9,14H2,1H3. The van der Waals surface area contributed by atoms with Gasteiger partial charge in [-0.15, -0.1) is 0 Å². The van der Waals surface area contributed by atoms with Crippen LogP contribution in [0.4, 0.5) is 0 Å². The summed E-state index contributed by atoms with van der Waals surface area (Å²) in [6, 6.07) is 6.14. The Bertz CT molecular complexity index is 370. The molecule has 0 aliphatic heterocycles. The number of unbranched alkanes of at least 4 members (excludes halogenated alkanes) is 7. The molecule has 0 atom stereocenters. The van der Waals surface area contributed by atoms with Gasteiger partial charge < -0.3 is 9.84 Å². The average molecular weight is 278 g/mol. The lowest BCUT2D eigenvalue weighted by Crippen LogP contribution is -2.06. The van der Waals surface area contributed by atoms with E-state index in [1.54, 1.807) is 12.1 Å². The molecule has 0 heterocycles.